The fraction of sp³-hybridized carbons (Fsp3) is 0. The van der Waals surface area contributed by atoms with Gasteiger partial charge in [-0.3, -0.25) is 4.98 Å². The lowest BCUT2D eigenvalue weighted by molar-refractivity contribution is 0.0738. The molecule has 20 heavy (non-hydrogen) atoms. The van der Waals surface area contributed by atoms with Crippen LogP contribution < -0.4 is 10.0 Å². The highest BCUT2D eigenvalue weighted by Crippen LogP contribution is 2.23. The molecule has 1 unspecified atom stereocenters. The van der Waals surface area contributed by atoms with Crippen molar-refractivity contribution in [2.24, 2.45) is 0 Å². The van der Waals surface area contributed by atoms with Crippen LogP contribution in [0.5, 0.6) is 5.75 Å². The van der Waals surface area contributed by atoms with Gasteiger partial charge in [0, 0.05) is 11.6 Å². The number of para-hydroxylation sites is 1. The maximum atomic E-state index is 12.2. The second-order valence-corrected chi connectivity index (χ2v) is 4.93. The smallest absolute Gasteiger partial charge is 0.344 e. The Balaban J connectivity index is 1.98. The maximum absolute atomic E-state index is 12.2. The Morgan fingerprint density at radius 1 is 1.00 bits per heavy atom. The lowest BCUT2D eigenvalue weighted by Gasteiger charge is -2.08. The second kappa shape index (κ2) is 5.40. The SMILES string of the molecule is O=C(Oc1cccc2cccnc12)c1ccccc1P. The summed E-state index contributed by atoms with van der Waals surface area (Å²) in [5.41, 5.74) is 1.22. The number of rotatable bonds is 2. The summed E-state index contributed by atoms with van der Waals surface area (Å²) in [7, 11) is 2.53. The number of hydrogen-bond donors (Lipinski definition) is 0. The zero-order valence-corrected chi connectivity index (χ0v) is 11.8. The molecule has 0 radical (unpaired) electrons. The largest absolute Gasteiger partial charge is 0.421 e. The quantitative estimate of drug-likeness (QED) is 0.412. The van der Waals surface area contributed by atoms with Crippen LogP contribution in [-0.2, 0) is 0 Å². The van der Waals surface area contributed by atoms with E-state index in [4.69, 9.17) is 4.74 Å². The van der Waals surface area contributed by atoms with Gasteiger partial charge in [0.1, 0.15) is 5.52 Å². The van der Waals surface area contributed by atoms with Crippen molar-refractivity contribution in [1.29, 1.82) is 0 Å². The molecule has 3 rings (SSSR count). The Kier molecular flexibility index (Phi) is 3.44. The Morgan fingerprint density at radius 2 is 1.80 bits per heavy atom. The summed E-state index contributed by atoms with van der Waals surface area (Å²) in [4.78, 5) is 16.5. The molecule has 0 saturated carbocycles. The number of carbonyl (C=O) groups excluding carboxylic acids is 1. The predicted octanol–water partition coefficient (Wildman–Crippen LogP) is 2.95. The first-order valence-corrected chi connectivity index (χ1v) is 6.74. The molecule has 1 aromatic heterocycles. The summed E-state index contributed by atoms with van der Waals surface area (Å²) in [6.45, 7) is 0. The first-order valence-electron chi connectivity index (χ1n) is 6.16. The lowest BCUT2D eigenvalue weighted by Crippen LogP contribution is -2.15. The molecule has 98 valence electrons. The number of aromatic nitrogens is 1. The normalized spacial score (nSPS) is 10.4. The predicted molar refractivity (Wildman–Crippen MR) is 82.5 cm³/mol. The highest BCUT2D eigenvalue weighted by molar-refractivity contribution is 7.27. The number of carbonyl (C=O) groups is 1. The van der Waals surface area contributed by atoms with Crippen molar-refractivity contribution >= 4 is 31.4 Å². The topological polar surface area (TPSA) is 39.2 Å². The van der Waals surface area contributed by atoms with Crippen LogP contribution >= 0.6 is 9.24 Å². The number of nitrogens with zero attached hydrogens (tertiary/aromatic N) is 1. The fourth-order valence-corrected chi connectivity index (χ4v) is 2.32. The van der Waals surface area contributed by atoms with Gasteiger partial charge in [-0.2, -0.15) is 0 Å². The standard InChI is InChI=1S/C16H12NO2P/c18-16(12-7-1-2-9-14(12)20)19-13-8-3-5-11-6-4-10-17-15(11)13/h1-10H,20H2. The van der Waals surface area contributed by atoms with Gasteiger partial charge >= 0.3 is 5.97 Å². The van der Waals surface area contributed by atoms with E-state index in [0.29, 0.717) is 16.8 Å². The number of esters is 1. The van der Waals surface area contributed by atoms with E-state index in [1.54, 1.807) is 18.3 Å². The van der Waals surface area contributed by atoms with E-state index in [-0.39, 0.29) is 5.97 Å². The lowest BCUT2D eigenvalue weighted by atomic mass is 10.2. The minimum atomic E-state index is -0.381. The Bertz CT molecular complexity index is 781. The Labute approximate surface area is 118 Å². The molecule has 0 aliphatic heterocycles. The van der Waals surface area contributed by atoms with Crippen LogP contribution in [0.25, 0.3) is 10.9 Å². The number of pyridine rings is 1. The summed E-state index contributed by atoms with van der Waals surface area (Å²) in [6, 6.07) is 16.6. The number of ether oxygens (including phenoxy) is 1. The molecule has 0 saturated heterocycles. The number of hydrogen-bond acceptors (Lipinski definition) is 3. The van der Waals surface area contributed by atoms with Gasteiger partial charge in [-0.25, -0.2) is 4.79 Å². The van der Waals surface area contributed by atoms with Gasteiger partial charge in [-0.15, -0.1) is 9.24 Å². The van der Waals surface area contributed by atoms with Crippen molar-refractivity contribution in [2.45, 2.75) is 0 Å². The third-order valence-electron chi connectivity index (χ3n) is 2.98. The molecule has 3 aromatic rings. The van der Waals surface area contributed by atoms with Gasteiger partial charge in [-0.05, 0) is 23.5 Å². The van der Waals surface area contributed by atoms with Crippen molar-refractivity contribution < 1.29 is 9.53 Å². The molecule has 0 amide bonds. The van der Waals surface area contributed by atoms with Crippen molar-refractivity contribution in [1.82, 2.24) is 4.98 Å². The fourth-order valence-electron chi connectivity index (χ4n) is 2.00. The monoisotopic (exact) mass is 281 g/mol. The van der Waals surface area contributed by atoms with Gasteiger partial charge in [-0.1, -0.05) is 36.4 Å². The minimum Gasteiger partial charge on any atom is -0.421 e. The van der Waals surface area contributed by atoms with Crippen molar-refractivity contribution in [3.8, 4) is 5.75 Å². The molecule has 0 bridgehead atoms. The van der Waals surface area contributed by atoms with Crippen LogP contribution in [0.4, 0.5) is 0 Å². The van der Waals surface area contributed by atoms with Gasteiger partial charge in [0.05, 0.1) is 5.56 Å². The van der Waals surface area contributed by atoms with Crippen LogP contribution in [0, 0.1) is 0 Å². The van der Waals surface area contributed by atoms with Gasteiger partial charge < -0.3 is 4.74 Å². The summed E-state index contributed by atoms with van der Waals surface area (Å²) in [6.07, 6.45) is 1.68. The summed E-state index contributed by atoms with van der Waals surface area (Å²) in [5.74, 6) is 0.0927. The number of fused-ring (bicyclic) bond motifs is 1. The maximum Gasteiger partial charge on any atom is 0.344 e. The van der Waals surface area contributed by atoms with Crippen LogP contribution in [0.1, 0.15) is 10.4 Å². The van der Waals surface area contributed by atoms with E-state index < -0.39 is 0 Å². The van der Waals surface area contributed by atoms with Gasteiger partial charge in [0.2, 0.25) is 0 Å². The Morgan fingerprint density at radius 3 is 2.65 bits per heavy atom. The highest BCUT2D eigenvalue weighted by Gasteiger charge is 2.13. The van der Waals surface area contributed by atoms with Crippen LogP contribution in [0.3, 0.4) is 0 Å². The zero-order chi connectivity index (χ0) is 13.9. The third-order valence-corrected chi connectivity index (χ3v) is 3.48. The highest BCUT2D eigenvalue weighted by atomic mass is 31.0. The van der Waals surface area contributed by atoms with E-state index in [1.165, 1.54) is 0 Å². The molecule has 2 aromatic carbocycles. The summed E-state index contributed by atoms with van der Waals surface area (Å²) < 4.78 is 5.48. The van der Waals surface area contributed by atoms with Crippen molar-refractivity contribution in [2.75, 3.05) is 0 Å². The van der Waals surface area contributed by atoms with E-state index in [9.17, 15) is 4.79 Å². The molecule has 3 nitrogen and oxygen atoms in total. The van der Waals surface area contributed by atoms with Gasteiger partial charge in [0.25, 0.3) is 0 Å². The van der Waals surface area contributed by atoms with E-state index in [2.05, 4.69) is 14.2 Å². The molecule has 0 spiro atoms. The average molecular weight is 281 g/mol. The molecule has 0 aliphatic rings. The zero-order valence-electron chi connectivity index (χ0n) is 10.6. The first kappa shape index (κ1) is 12.8. The van der Waals surface area contributed by atoms with E-state index in [0.717, 1.165) is 10.7 Å². The molecule has 1 atom stereocenters. The molecule has 0 N–H and O–H groups in total. The molecule has 4 heteroatoms. The molecule has 1 heterocycles. The van der Waals surface area contributed by atoms with Gasteiger partial charge in [0.15, 0.2) is 5.75 Å². The van der Waals surface area contributed by atoms with Crippen LogP contribution in [0.15, 0.2) is 60.8 Å². The summed E-state index contributed by atoms with van der Waals surface area (Å²) in [5, 5.41) is 1.75. The first-order chi connectivity index (χ1) is 9.75. The minimum absolute atomic E-state index is 0.381. The van der Waals surface area contributed by atoms with Crippen molar-refractivity contribution in [3.05, 3.63) is 66.4 Å². The molecule has 0 aliphatic carbocycles. The Hall–Kier alpha value is -2.25. The summed E-state index contributed by atoms with van der Waals surface area (Å²) >= 11 is 0. The van der Waals surface area contributed by atoms with E-state index in [1.807, 2.05) is 42.5 Å². The average Bonchev–Trinajstić information content (AvgIpc) is 2.48. The van der Waals surface area contributed by atoms with E-state index >= 15 is 0 Å². The molecule has 0 fully saturated rings. The van der Waals surface area contributed by atoms with Crippen LogP contribution in [0.2, 0.25) is 0 Å². The number of benzene rings is 2. The molecular weight excluding hydrogens is 269 g/mol. The third kappa shape index (κ3) is 2.40. The van der Waals surface area contributed by atoms with Crippen molar-refractivity contribution in [3.63, 3.8) is 0 Å². The second-order valence-electron chi connectivity index (χ2n) is 4.31. The van der Waals surface area contributed by atoms with Crippen LogP contribution in [-0.4, -0.2) is 11.0 Å². The molecular formula is C16H12NO2P.